The molecule has 2 aliphatic rings. The van der Waals surface area contributed by atoms with Gasteiger partial charge in [0.25, 0.3) is 0 Å². The van der Waals surface area contributed by atoms with E-state index in [9.17, 15) is 13.2 Å². The number of ether oxygens (including phenoxy) is 1. The van der Waals surface area contributed by atoms with E-state index >= 15 is 0 Å². The summed E-state index contributed by atoms with van der Waals surface area (Å²) >= 11 is 0. The minimum atomic E-state index is -3.35. The van der Waals surface area contributed by atoms with Gasteiger partial charge in [0.15, 0.2) is 0 Å². The average Bonchev–Trinajstić information content (AvgIpc) is 2.92. The lowest BCUT2D eigenvalue weighted by molar-refractivity contribution is -0.244. The molecule has 202 valence electrons. The molecule has 0 atom stereocenters. The lowest BCUT2D eigenvalue weighted by Crippen LogP contribution is -2.24. The monoisotopic (exact) mass is 512 g/mol. The second-order valence-electron chi connectivity index (χ2n) is 11.4. The van der Waals surface area contributed by atoms with Crippen molar-refractivity contribution in [3.05, 3.63) is 83.2 Å². The topological polar surface area (TPSA) is 9.23 Å². The molecule has 0 aromatic heterocycles. The third-order valence-corrected chi connectivity index (χ3v) is 8.90. The van der Waals surface area contributed by atoms with Crippen LogP contribution in [-0.4, -0.2) is 6.11 Å². The highest BCUT2D eigenvalue weighted by atomic mass is 19.3. The minimum absolute atomic E-state index is 0.182. The van der Waals surface area contributed by atoms with Gasteiger partial charge in [0.1, 0.15) is 5.82 Å². The first-order valence-corrected chi connectivity index (χ1v) is 14.4. The molecule has 2 aromatic rings. The molecule has 0 unspecified atom stereocenters. The highest BCUT2D eigenvalue weighted by Gasteiger charge is 2.31. The van der Waals surface area contributed by atoms with Gasteiger partial charge in [-0.15, -0.1) is 6.58 Å². The van der Waals surface area contributed by atoms with Crippen LogP contribution in [0.5, 0.6) is 0 Å². The van der Waals surface area contributed by atoms with Crippen LogP contribution in [-0.2, 0) is 17.8 Å². The molecule has 2 saturated carbocycles. The van der Waals surface area contributed by atoms with Crippen LogP contribution in [0.1, 0.15) is 112 Å². The van der Waals surface area contributed by atoms with Crippen LogP contribution in [0.25, 0.3) is 0 Å². The van der Waals surface area contributed by atoms with Gasteiger partial charge in [0.05, 0.1) is 13.0 Å². The summed E-state index contributed by atoms with van der Waals surface area (Å²) in [6.45, 7) is 5.62. The molecule has 0 heterocycles. The van der Waals surface area contributed by atoms with Crippen molar-refractivity contribution in [2.75, 3.05) is 0 Å². The molecule has 0 N–H and O–H groups in total. The minimum Gasteiger partial charge on any atom is -0.315 e. The number of rotatable bonds is 11. The fraction of sp³-hybridized carbons (Fsp3) is 0.576. The van der Waals surface area contributed by atoms with Gasteiger partial charge >= 0.3 is 6.11 Å². The smallest absolute Gasteiger partial charge is 0.315 e. The molecule has 4 rings (SSSR count). The SMILES string of the molecule is C=CCCC1CCC(c2ccc(COC(F)(F)Cc3ccc(C4CCC(CC)CC4)cc3)c(F)c2)CC1. The Balaban J connectivity index is 1.26. The van der Waals surface area contributed by atoms with E-state index in [2.05, 4.69) is 13.5 Å². The maximum absolute atomic E-state index is 14.8. The summed E-state index contributed by atoms with van der Waals surface area (Å²) in [7, 11) is 0. The molecule has 0 amide bonds. The third-order valence-electron chi connectivity index (χ3n) is 8.90. The highest BCUT2D eigenvalue weighted by Crippen LogP contribution is 2.39. The summed E-state index contributed by atoms with van der Waals surface area (Å²) in [6.07, 6.45) is 10.9. The number of hydrogen-bond acceptors (Lipinski definition) is 1. The van der Waals surface area contributed by atoms with E-state index in [-0.39, 0.29) is 5.56 Å². The normalized spacial score (nSPS) is 24.6. The number of halogens is 3. The van der Waals surface area contributed by atoms with Gasteiger partial charge in [-0.05, 0) is 111 Å². The molecule has 2 fully saturated rings. The van der Waals surface area contributed by atoms with Gasteiger partial charge in [0.2, 0.25) is 0 Å². The fourth-order valence-electron chi connectivity index (χ4n) is 6.36. The summed E-state index contributed by atoms with van der Waals surface area (Å²) in [5.41, 5.74) is 2.94. The van der Waals surface area contributed by atoms with Gasteiger partial charge in [-0.25, -0.2) is 4.39 Å². The largest absolute Gasteiger partial charge is 0.360 e. The summed E-state index contributed by atoms with van der Waals surface area (Å²) in [5.74, 6) is 1.98. The van der Waals surface area contributed by atoms with Crippen molar-refractivity contribution in [2.24, 2.45) is 11.8 Å². The van der Waals surface area contributed by atoms with Crippen molar-refractivity contribution >= 4 is 0 Å². The van der Waals surface area contributed by atoms with Crippen molar-refractivity contribution in [2.45, 2.75) is 109 Å². The number of alkyl halides is 2. The van der Waals surface area contributed by atoms with E-state index < -0.39 is 25.0 Å². The molecular formula is C33H43F3O. The zero-order valence-corrected chi connectivity index (χ0v) is 22.4. The van der Waals surface area contributed by atoms with Crippen LogP contribution < -0.4 is 0 Å². The summed E-state index contributed by atoms with van der Waals surface area (Å²) in [6, 6.07) is 12.6. The Morgan fingerprint density at radius 1 is 0.865 bits per heavy atom. The third kappa shape index (κ3) is 7.96. The lowest BCUT2D eigenvalue weighted by atomic mass is 9.77. The van der Waals surface area contributed by atoms with Crippen LogP contribution in [0.2, 0.25) is 0 Å². The highest BCUT2D eigenvalue weighted by molar-refractivity contribution is 5.28. The molecule has 0 spiro atoms. The van der Waals surface area contributed by atoms with Crippen LogP contribution in [0, 0.1) is 17.7 Å². The Morgan fingerprint density at radius 2 is 1.46 bits per heavy atom. The van der Waals surface area contributed by atoms with Gasteiger partial charge in [0, 0.05) is 5.56 Å². The van der Waals surface area contributed by atoms with E-state index in [4.69, 9.17) is 4.74 Å². The van der Waals surface area contributed by atoms with Crippen molar-refractivity contribution < 1.29 is 17.9 Å². The quantitative estimate of drug-likeness (QED) is 0.272. The van der Waals surface area contributed by atoms with Crippen molar-refractivity contribution in [3.63, 3.8) is 0 Å². The second kappa shape index (κ2) is 13.1. The summed E-state index contributed by atoms with van der Waals surface area (Å²) < 4.78 is 48.9. The molecule has 0 bridgehead atoms. The van der Waals surface area contributed by atoms with Crippen LogP contribution in [0.15, 0.2) is 55.1 Å². The molecule has 37 heavy (non-hydrogen) atoms. The molecule has 0 aliphatic heterocycles. The maximum atomic E-state index is 14.8. The number of hydrogen-bond donors (Lipinski definition) is 0. The predicted molar refractivity (Wildman–Crippen MR) is 145 cm³/mol. The first kappa shape index (κ1) is 28.0. The summed E-state index contributed by atoms with van der Waals surface area (Å²) in [4.78, 5) is 0. The Morgan fingerprint density at radius 3 is 2.05 bits per heavy atom. The Labute approximate surface area is 221 Å². The van der Waals surface area contributed by atoms with Crippen LogP contribution in [0.4, 0.5) is 13.2 Å². The molecule has 0 saturated heterocycles. The van der Waals surface area contributed by atoms with Crippen LogP contribution >= 0.6 is 0 Å². The molecular weight excluding hydrogens is 469 g/mol. The Hall–Kier alpha value is -2.07. The average molecular weight is 513 g/mol. The second-order valence-corrected chi connectivity index (χ2v) is 11.4. The first-order valence-electron chi connectivity index (χ1n) is 14.4. The molecule has 0 radical (unpaired) electrons. The number of benzene rings is 2. The molecule has 1 nitrogen and oxygen atoms in total. The zero-order valence-electron chi connectivity index (χ0n) is 22.4. The van der Waals surface area contributed by atoms with Crippen molar-refractivity contribution in [3.8, 4) is 0 Å². The van der Waals surface area contributed by atoms with E-state index in [0.717, 1.165) is 49.5 Å². The van der Waals surface area contributed by atoms with E-state index in [1.165, 1.54) is 50.2 Å². The fourth-order valence-corrected chi connectivity index (χ4v) is 6.36. The molecule has 2 aromatic carbocycles. The standard InChI is InChI=1S/C33H43F3O/c1-3-5-6-25-9-15-29(16-10-25)30-19-20-31(32(34)21-30)23-37-33(35,36)22-26-11-17-28(18-12-26)27-13-7-24(4-2)8-14-27/h3,11-12,17-21,24-25,27,29H,1,4-10,13-16,22-23H2,2H3. The summed E-state index contributed by atoms with van der Waals surface area (Å²) in [5, 5.41) is 0. The Bertz CT molecular complexity index is 983. The van der Waals surface area contributed by atoms with Crippen LogP contribution in [0.3, 0.4) is 0 Å². The number of allylic oxidation sites excluding steroid dienone is 1. The van der Waals surface area contributed by atoms with E-state index in [1.807, 2.05) is 24.3 Å². The van der Waals surface area contributed by atoms with E-state index in [0.29, 0.717) is 17.4 Å². The van der Waals surface area contributed by atoms with Gasteiger partial charge in [-0.2, -0.15) is 8.78 Å². The zero-order chi connectivity index (χ0) is 26.3. The lowest BCUT2D eigenvalue weighted by Gasteiger charge is -2.29. The van der Waals surface area contributed by atoms with Gasteiger partial charge in [-0.1, -0.05) is 55.8 Å². The van der Waals surface area contributed by atoms with Gasteiger partial charge in [-0.3, -0.25) is 0 Å². The predicted octanol–water partition coefficient (Wildman–Crippen LogP) is 10.1. The van der Waals surface area contributed by atoms with Crippen molar-refractivity contribution in [1.82, 2.24) is 0 Å². The first-order chi connectivity index (χ1) is 17.9. The van der Waals surface area contributed by atoms with Crippen molar-refractivity contribution in [1.29, 1.82) is 0 Å². The van der Waals surface area contributed by atoms with E-state index in [1.54, 1.807) is 18.2 Å². The Kier molecular flexibility index (Phi) is 9.92. The maximum Gasteiger partial charge on any atom is 0.360 e. The molecule has 2 aliphatic carbocycles. The molecule has 4 heteroatoms. The van der Waals surface area contributed by atoms with Gasteiger partial charge < -0.3 is 4.74 Å².